The Kier molecular flexibility index (Phi) is 3.36. The SMILES string of the molecule is Nc1nnc(CNS(=O)(=O)c2ccccc2)s1. The van der Waals surface area contributed by atoms with Gasteiger partial charge in [-0.05, 0) is 12.1 Å². The van der Waals surface area contributed by atoms with E-state index in [0.29, 0.717) is 10.1 Å². The summed E-state index contributed by atoms with van der Waals surface area (Å²) < 4.78 is 26.1. The molecule has 0 bridgehead atoms. The van der Waals surface area contributed by atoms with E-state index in [9.17, 15) is 8.42 Å². The Bertz CT molecular complexity index is 594. The maximum Gasteiger partial charge on any atom is 0.240 e. The van der Waals surface area contributed by atoms with E-state index in [1.54, 1.807) is 18.2 Å². The number of hydrogen-bond donors (Lipinski definition) is 2. The summed E-state index contributed by atoms with van der Waals surface area (Å²) >= 11 is 1.15. The molecule has 0 aliphatic carbocycles. The van der Waals surface area contributed by atoms with Crippen molar-refractivity contribution in [2.45, 2.75) is 11.4 Å². The van der Waals surface area contributed by atoms with Gasteiger partial charge in [-0.2, -0.15) is 0 Å². The standard InChI is InChI=1S/C9H10N4O2S2/c10-9-13-12-8(16-9)6-11-17(14,15)7-4-2-1-3-5-7/h1-5,11H,6H2,(H2,10,13). The van der Waals surface area contributed by atoms with Crippen LogP contribution in [0.4, 0.5) is 5.13 Å². The minimum atomic E-state index is -3.50. The van der Waals surface area contributed by atoms with E-state index < -0.39 is 10.0 Å². The lowest BCUT2D eigenvalue weighted by Crippen LogP contribution is -2.23. The van der Waals surface area contributed by atoms with Crippen molar-refractivity contribution in [2.75, 3.05) is 5.73 Å². The summed E-state index contributed by atoms with van der Waals surface area (Å²) in [6, 6.07) is 8.13. The Morgan fingerprint density at radius 3 is 2.53 bits per heavy atom. The molecule has 0 amide bonds. The number of hydrogen-bond acceptors (Lipinski definition) is 6. The van der Waals surface area contributed by atoms with Gasteiger partial charge in [0.15, 0.2) is 0 Å². The Hall–Kier alpha value is -1.51. The van der Waals surface area contributed by atoms with Gasteiger partial charge in [0, 0.05) is 0 Å². The molecule has 0 fully saturated rings. The molecule has 3 N–H and O–H groups in total. The first-order valence-corrected chi connectivity index (χ1v) is 7.00. The zero-order valence-electron chi connectivity index (χ0n) is 8.70. The van der Waals surface area contributed by atoms with Crippen LogP contribution in [0.5, 0.6) is 0 Å². The van der Waals surface area contributed by atoms with E-state index in [4.69, 9.17) is 5.73 Å². The van der Waals surface area contributed by atoms with Gasteiger partial charge in [-0.3, -0.25) is 0 Å². The van der Waals surface area contributed by atoms with Crippen molar-refractivity contribution >= 4 is 26.5 Å². The Labute approximate surface area is 103 Å². The molecule has 0 saturated carbocycles. The molecule has 17 heavy (non-hydrogen) atoms. The zero-order valence-corrected chi connectivity index (χ0v) is 10.3. The van der Waals surface area contributed by atoms with Crippen molar-refractivity contribution in [3.63, 3.8) is 0 Å². The second-order valence-corrected chi connectivity index (χ2v) is 6.03. The first kappa shape index (κ1) is 12.0. The quantitative estimate of drug-likeness (QED) is 0.847. The predicted octanol–water partition coefficient (Wildman–Crippen LogP) is 0.599. The predicted molar refractivity (Wildman–Crippen MR) is 64.8 cm³/mol. The van der Waals surface area contributed by atoms with Gasteiger partial charge >= 0.3 is 0 Å². The molecule has 90 valence electrons. The van der Waals surface area contributed by atoms with Crippen LogP contribution in [0, 0.1) is 0 Å². The number of nitrogens with zero attached hydrogens (tertiary/aromatic N) is 2. The lowest BCUT2D eigenvalue weighted by molar-refractivity contribution is 0.581. The molecule has 2 aromatic rings. The highest BCUT2D eigenvalue weighted by atomic mass is 32.2. The number of nitrogens with one attached hydrogen (secondary N) is 1. The number of sulfonamides is 1. The maximum atomic E-state index is 11.8. The van der Waals surface area contributed by atoms with Gasteiger partial charge in [0.2, 0.25) is 15.2 Å². The minimum Gasteiger partial charge on any atom is -0.374 e. The molecular weight excluding hydrogens is 260 g/mol. The van der Waals surface area contributed by atoms with Crippen molar-refractivity contribution in [1.29, 1.82) is 0 Å². The highest BCUT2D eigenvalue weighted by molar-refractivity contribution is 7.89. The summed E-state index contributed by atoms with van der Waals surface area (Å²) in [4.78, 5) is 0.220. The second kappa shape index (κ2) is 4.78. The van der Waals surface area contributed by atoms with Crippen LogP contribution >= 0.6 is 11.3 Å². The van der Waals surface area contributed by atoms with E-state index in [1.165, 1.54) is 12.1 Å². The monoisotopic (exact) mass is 270 g/mol. The first-order valence-electron chi connectivity index (χ1n) is 4.70. The molecule has 0 radical (unpaired) electrons. The number of anilines is 1. The second-order valence-electron chi connectivity index (χ2n) is 3.17. The third kappa shape index (κ3) is 2.99. The summed E-state index contributed by atoms with van der Waals surface area (Å²) in [5.74, 6) is 0. The van der Waals surface area contributed by atoms with Gasteiger partial charge in [-0.25, -0.2) is 13.1 Å². The van der Waals surface area contributed by atoms with Crippen LogP contribution < -0.4 is 10.5 Å². The van der Waals surface area contributed by atoms with Gasteiger partial charge in [0.1, 0.15) is 5.01 Å². The topological polar surface area (TPSA) is 98.0 Å². The van der Waals surface area contributed by atoms with Gasteiger partial charge in [-0.1, -0.05) is 29.5 Å². The molecule has 0 spiro atoms. The van der Waals surface area contributed by atoms with E-state index >= 15 is 0 Å². The molecule has 0 aliphatic heterocycles. The zero-order chi connectivity index (χ0) is 12.3. The van der Waals surface area contributed by atoms with Gasteiger partial charge in [0.05, 0.1) is 11.4 Å². The summed E-state index contributed by atoms with van der Waals surface area (Å²) in [5, 5.41) is 8.18. The normalized spacial score (nSPS) is 11.5. The van der Waals surface area contributed by atoms with Crippen LogP contribution in [-0.4, -0.2) is 18.6 Å². The molecule has 0 saturated heterocycles. The molecule has 1 aromatic carbocycles. The minimum absolute atomic E-state index is 0.0894. The summed E-state index contributed by atoms with van der Waals surface area (Å²) in [6.45, 7) is 0.0894. The molecule has 6 nitrogen and oxygen atoms in total. The lowest BCUT2D eigenvalue weighted by Gasteiger charge is -2.03. The van der Waals surface area contributed by atoms with Gasteiger partial charge in [-0.15, -0.1) is 10.2 Å². The first-order chi connectivity index (χ1) is 8.08. The fourth-order valence-corrected chi connectivity index (χ4v) is 2.83. The fourth-order valence-electron chi connectivity index (χ4n) is 1.18. The smallest absolute Gasteiger partial charge is 0.240 e. The van der Waals surface area contributed by atoms with Crippen LogP contribution in [0.3, 0.4) is 0 Å². The average molecular weight is 270 g/mol. The summed E-state index contributed by atoms with van der Waals surface area (Å²) in [5.41, 5.74) is 5.40. The lowest BCUT2D eigenvalue weighted by atomic mass is 10.4. The van der Waals surface area contributed by atoms with E-state index in [2.05, 4.69) is 14.9 Å². The highest BCUT2D eigenvalue weighted by Gasteiger charge is 2.13. The number of rotatable bonds is 4. The molecule has 0 unspecified atom stereocenters. The van der Waals surface area contributed by atoms with Crippen molar-refractivity contribution < 1.29 is 8.42 Å². The van der Waals surface area contributed by atoms with Crippen molar-refractivity contribution in [2.24, 2.45) is 0 Å². The van der Waals surface area contributed by atoms with Crippen LogP contribution in [-0.2, 0) is 16.6 Å². The van der Waals surface area contributed by atoms with Crippen LogP contribution in [0.25, 0.3) is 0 Å². The number of aromatic nitrogens is 2. The maximum absolute atomic E-state index is 11.8. The Morgan fingerprint density at radius 1 is 1.24 bits per heavy atom. The molecule has 1 aromatic heterocycles. The van der Waals surface area contributed by atoms with Crippen LogP contribution in [0.15, 0.2) is 35.2 Å². The van der Waals surface area contributed by atoms with Gasteiger partial charge in [0.25, 0.3) is 0 Å². The van der Waals surface area contributed by atoms with Gasteiger partial charge < -0.3 is 5.73 Å². The number of benzene rings is 1. The Morgan fingerprint density at radius 2 is 1.94 bits per heavy atom. The molecule has 0 aliphatic rings. The third-order valence-electron chi connectivity index (χ3n) is 1.95. The van der Waals surface area contributed by atoms with Crippen molar-refractivity contribution in [3.8, 4) is 0 Å². The van der Waals surface area contributed by atoms with Crippen LogP contribution in [0.1, 0.15) is 5.01 Å². The fraction of sp³-hybridized carbons (Fsp3) is 0.111. The molecule has 1 heterocycles. The van der Waals surface area contributed by atoms with Crippen LogP contribution in [0.2, 0.25) is 0 Å². The average Bonchev–Trinajstić information content (AvgIpc) is 2.74. The molecule has 8 heteroatoms. The number of nitrogens with two attached hydrogens (primary N) is 1. The molecular formula is C9H10N4O2S2. The largest absolute Gasteiger partial charge is 0.374 e. The number of nitrogen functional groups attached to an aromatic ring is 1. The van der Waals surface area contributed by atoms with Crippen molar-refractivity contribution in [1.82, 2.24) is 14.9 Å². The van der Waals surface area contributed by atoms with Crippen molar-refractivity contribution in [3.05, 3.63) is 35.3 Å². The summed E-state index contributed by atoms with van der Waals surface area (Å²) in [7, 11) is -3.50. The van der Waals surface area contributed by atoms with E-state index in [-0.39, 0.29) is 11.4 Å². The summed E-state index contributed by atoms with van der Waals surface area (Å²) in [6.07, 6.45) is 0. The molecule has 0 atom stereocenters. The van der Waals surface area contributed by atoms with E-state index in [1.807, 2.05) is 0 Å². The molecule has 2 rings (SSSR count). The Balaban J connectivity index is 2.09. The third-order valence-corrected chi connectivity index (χ3v) is 4.12. The van der Waals surface area contributed by atoms with E-state index in [0.717, 1.165) is 11.3 Å². The highest BCUT2D eigenvalue weighted by Crippen LogP contribution is 2.12.